The van der Waals surface area contributed by atoms with Crippen molar-refractivity contribution in [2.45, 2.75) is 13.3 Å². The van der Waals surface area contributed by atoms with Crippen LogP contribution in [0, 0.1) is 0 Å². The monoisotopic (exact) mass is 356 g/mol. The summed E-state index contributed by atoms with van der Waals surface area (Å²) in [5.74, 6) is 0.716. The molecule has 0 aliphatic rings. The first-order chi connectivity index (χ1) is 12.1. The van der Waals surface area contributed by atoms with E-state index in [1.807, 2.05) is 11.6 Å². The lowest BCUT2D eigenvalue weighted by molar-refractivity contribution is 0.0994. The quantitative estimate of drug-likeness (QED) is 0.718. The van der Waals surface area contributed by atoms with Crippen LogP contribution < -0.4 is 14.3 Å². The Balaban J connectivity index is 2.10. The smallest absolute Gasteiger partial charge is 0.283 e. The van der Waals surface area contributed by atoms with Crippen LogP contribution in [-0.4, -0.2) is 24.7 Å². The van der Waals surface area contributed by atoms with Crippen molar-refractivity contribution in [3.05, 3.63) is 52.3 Å². The van der Waals surface area contributed by atoms with E-state index in [0.29, 0.717) is 21.9 Å². The van der Waals surface area contributed by atoms with Crippen LogP contribution in [0.2, 0.25) is 0 Å². The minimum absolute atomic E-state index is 0.353. The zero-order valence-corrected chi connectivity index (χ0v) is 15.5. The van der Waals surface area contributed by atoms with Crippen molar-refractivity contribution in [3.8, 4) is 11.5 Å². The standard InChI is InChI=1S/C19H20N2O3S/c1-5-12-6-8-15-17(10-12)25-19(21(15)2)20-18(22)14-11-13(23-3)7-9-16(14)24-4/h6-11H,5H2,1-4H3. The number of aromatic nitrogens is 1. The molecule has 6 heteroatoms. The van der Waals surface area contributed by atoms with Gasteiger partial charge in [-0.25, -0.2) is 0 Å². The Hall–Kier alpha value is -2.60. The third kappa shape index (κ3) is 3.30. The number of carbonyl (C=O) groups is 1. The van der Waals surface area contributed by atoms with Crippen LogP contribution in [-0.2, 0) is 13.5 Å². The second-order valence-electron chi connectivity index (χ2n) is 5.58. The van der Waals surface area contributed by atoms with Crippen LogP contribution in [0.5, 0.6) is 11.5 Å². The molecule has 0 radical (unpaired) electrons. The van der Waals surface area contributed by atoms with Crippen molar-refractivity contribution >= 4 is 27.5 Å². The van der Waals surface area contributed by atoms with E-state index in [-0.39, 0.29) is 5.91 Å². The van der Waals surface area contributed by atoms with Gasteiger partial charge in [-0.15, -0.1) is 0 Å². The van der Waals surface area contributed by atoms with Crippen LogP contribution in [0.1, 0.15) is 22.8 Å². The SMILES string of the molecule is CCc1ccc2c(c1)sc(=NC(=O)c1cc(OC)ccc1OC)n2C. The van der Waals surface area contributed by atoms with E-state index >= 15 is 0 Å². The molecule has 2 aromatic carbocycles. The fourth-order valence-electron chi connectivity index (χ4n) is 2.63. The second-order valence-corrected chi connectivity index (χ2v) is 6.59. The van der Waals surface area contributed by atoms with Crippen molar-refractivity contribution in [1.82, 2.24) is 4.57 Å². The van der Waals surface area contributed by atoms with Gasteiger partial charge < -0.3 is 14.0 Å². The Morgan fingerprint density at radius 3 is 2.64 bits per heavy atom. The van der Waals surface area contributed by atoms with Crippen molar-refractivity contribution in [1.29, 1.82) is 0 Å². The molecule has 3 aromatic rings. The lowest BCUT2D eigenvalue weighted by atomic mass is 10.2. The second kappa shape index (κ2) is 7.11. The number of benzene rings is 2. The highest BCUT2D eigenvalue weighted by Crippen LogP contribution is 2.25. The van der Waals surface area contributed by atoms with Gasteiger partial charge in [-0.1, -0.05) is 24.3 Å². The number of nitrogens with zero attached hydrogens (tertiary/aromatic N) is 2. The molecule has 0 aliphatic heterocycles. The Bertz CT molecular complexity index is 1000. The molecule has 1 aromatic heterocycles. The van der Waals surface area contributed by atoms with E-state index in [1.54, 1.807) is 25.3 Å². The van der Waals surface area contributed by atoms with Crippen molar-refractivity contribution in [2.75, 3.05) is 14.2 Å². The average Bonchev–Trinajstić information content (AvgIpc) is 2.95. The normalized spacial score (nSPS) is 11.8. The molecule has 0 unspecified atom stereocenters. The number of ether oxygens (including phenoxy) is 2. The van der Waals surface area contributed by atoms with Crippen LogP contribution in [0.3, 0.4) is 0 Å². The highest BCUT2D eigenvalue weighted by Gasteiger charge is 2.14. The summed E-state index contributed by atoms with van der Waals surface area (Å²) < 4.78 is 13.5. The fourth-order valence-corrected chi connectivity index (χ4v) is 3.71. The summed E-state index contributed by atoms with van der Waals surface area (Å²) in [5, 5.41) is 0. The first-order valence-electron chi connectivity index (χ1n) is 7.97. The number of amides is 1. The number of hydrogen-bond donors (Lipinski definition) is 0. The van der Waals surface area contributed by atoms with Crippen LogP contribution >= 0.6 is 11.3 Å². The molecule has 130 valence electrons. The summed E-state index contributed by atoms with van der Waals surface area (Å²) >= 11 is 1.50. The summed E-state index contributed by atoms with van der Waals surface area (Å²) in [4.78, 5) is 17.7. The minimum Gasteiger partial charge on any atom is -0.497 e. The molecule has 0 saturated carbocycles. The molecule has 0 spiro atoms. The van der Waals surface area contributed by atoms with Crippen LogP contribution in [0.15, 0.2) is 41.4 Å². The zero-order chi connectivity index (χ0) is 18.0. The fraction of sp³-hybridized carbons (Fsp3) is 0.263. The van der Waals surface area contributed by atoms with E-state index in [4.69, 9.17) is 9.47 Å². The molecule has 0 aliphatic carbocycles. The Kier molecular flexibility index (Phi) is 4.90. The van der Waals surface area contributed by atoms with E-state index in [2.05, 4.69) is 30.1 Å². The molecule has 0 fully saturated rings. The molecule has 0 bridgehead atoms. The molecule has 0 saturated heterocycles. The van der Waals surface area contributed by atoms with Gasteiger partial charge in [0.25, 0.3) is 5.91 Å². The molecule has 3 rings (SSSR count). The van der Waals surface area contributed by atoms with E-state index in [1.165, 1.54) is 24.0 Å². The topological polar surface area (TPSA) is 52.8 Å². The van der Waals surface area contributed by atoms with E-state index in [9.17, 15) is 4.79 Å². The Labute approximate surface area is 150 Å². The maximum absolute atomic E-state index is 12.7. The predicted molar refractivity (Wildman–Crippen MR) is 99.6 cm³/mol. The maximum Gasteiger partial charge on any atom is 0.283 e. The first kappa shape index (κ1) is 17.2. The van der Waals surface area contributed by atoms with Gasteiger partial charge in [-0.05, 0) is 42.3 Å². The predicted octanol–water partition coefficient (Wildman–Crippen LogP) is 3.56. The largest absolute Gasteiger partial charge is 0.497 e. The van der Waals surface area contributed by atoms with Crippen molar-refractivity contribution in [2.24, 2.45) is 12.0 Å². The Morgan fingerprint density at radius 1 is 1.16 bits per heavy atom. The number of thiazole rings is 1. The number of fused-ring (bicyclic) bond motifs is 1. The number of hydrogen-bond acceptors (Lipinski definition) is 4. The van der Waals surface area contributed by atoms with Crippen molar-refractivity contribution in [3.63, 3.8) is 0 Å². The molecule has 1 heterocycles. The summed E-state index contributed by atoms with van der Waals surface area (Å²) in [6.07, 6.45) is 0.976. The van der Waals surface area contributed by atoms with Gasteiger partial charge in [0.15, 0.2) is 4.80 Å². The average molecular weight is 356 g/mol. The van der Waals surface area contributed by atoms with Gasteiger partial charge in [0, 0.05) is 7.05 Å². The van der Waals surface area contributed by atoms with Gasteiger partial charge in [-0.3, -0.25) is 4.79 Å². The van der Waals surface area contributed by atoms with Gasteiger partial charge >= 0.3 is 0 Å². The zero-order valence-electron chi connectivity index (χ0n) is 14.7. The first-order valence-corrected chi connectivity index (χ1v) is 8.78. The van der Waals surface area contributed by atoms with Gasteiger partial charge in [-0.2, -0.15) is 4.99 Å². The lowest BCUT2D eigenvalue weighted by Gasteiger charge is -2.07. The van der Waals surface area contributed by atoms with Gasteiger partial charge in [0.2, 0.25) is 0 Å². The van der Waals surface area contributed by atoms with E-state index in [0.717, 1.165) is 16.6 Å². The number of aryl methyl sites for hydroxylation is 2. The molecular formula is C19H20N2O3S. The van der Waals surface area contributed by atoms with Crippen LogP contribution in [0.25, 0.3) is 10.2 Å². The molecular weight excluding hydrogens is 336 g/mol. The molecule has 25 heavy (non-hydrogen) atoms. The third-order valence-electron chi connectivity index (χ3n) is 4.12. The molecule has 0 atom stereocenters. The highest BCUT2D eigenvalue weighted by atomic mass is 32.1. The van der Waals surface area contributed by atoms with Gasteiger partial charge in [0.05, 0.1) is 30.0 Å². The maximum atomic E-state index is 12.7. The lowest BCUT2D eigenvalue weighted by Crippen LogP contribution is -2.13. The summed E-state index contributed by atoms with van der Waals surface area (Å²) in [6.45, 7) is 2.12. The minimum atomic E-state index is -0.353. The summed E-state index contributed by atoms with van der Waals surface area (Å²) in [5.41, 5.74) is 2.71. The van der Waals surface area contributed by atoms with Crippen LogP contribution in [0.4, 0.5) is 0 Å². The highest BCUT2D eigenvalue weighted by molar-refractivity contribution is 7.16. The van der Waals surface area contributed by atoms with Gasteiger partial charge in [0.1, 0.15) is 11.5 Å². The molecule has 5 nitrogen and oxygen atoms in total. The van der Waals surface area contributed by atoms with E-state index < -0.39 is 0 Å². The number of rotatable bonds is 4. The van der Waals surface area contributed by atoms with Crippen molar-refractivity contribution < 1.29 is 14.3 Å². The third-order valence-corrected chi connectivity index (χ3v) is 5.21. The summed E-state index contributed by atoms with van der Waals surface area (Å²) in [7, 11) is 5.01. The summed E-state index contributed by atoms with van der Waals surface area (Å²) in [6, 6.07) is 11.4. The molecule has 1 amide bonds. The molecule has 0 N–H and O–H groups in total. The number of carbonyl (C=O) groups excluding carboxylic acids is 1. The Morgan fingerprint density at radius 2 is 1.96 bits per heavy atom. The number of methoxy groups -OCH3 is 2.